The van der Waals surface area contributed by atoms with Crippen LogP contribution in [0.3, 0.4) is 0 Å². The normalized spacial score (nSPS) is 11.2. The van der Waals surface area contributed by atoms with E-state index < -0.39 is 16.6 Å². The maximum Gasteiger partial charge on any atom is 0.280 e. The van der Waals surface area contributed by atoms with E-state index in [-0.39, 0.29) is 16.4 Å². The van der Waals surface area contributed by atoms with E-state index in [1.807, 2.05) is 0 Å². The first kappa shape index (κ1) is 18.4. The maximum atomic E-state index is 13.5. The first-order valence-electron chi connectivity index (χ1n) is 8.24. The summed E-state index contributed by atoms with van der Waals surface area (Å²) < 4.78 is 19.3. The lowest BCUT2D eigenvalue weighted by Crippen LogP contribution is -2.25. The molecule has 0 aliphatic rings. The van der Waals surface area contributed by atoms with Crippen molar-refractivity contribution in [1.29, 1.82) is 0 Å². The van der Waals surface area contributed by atoms with E-state index in [2.05, 4.69) is 10.1 Å². The van der Waals surface area contributed by atoms with Crippen molar-refractivity contribution in [2.45, 2.75) is 0 Å². The van der Waals surface area contributed by atoms with Crippen molar-refractivity contribution in [3.05, 3.63) is 88.1 Å². The van der Waals surface area contributed by atoms with Gasteiger partial charge in [-0.05, 0) is 42.5 Å². The lowest BCUT2D eigenvalue weighted by atomic mass is 10.2. The molecule has 8 nitrogen and oxygen atoms in total. The zero-order valence-electron chi connectivity index (χ0n) is 14.6. The van der Waals surface area contributed by atoms with Crippen LogP contribution in [0.25, 0.3) is 10.2 Å². The van der Waals surface area contributed by atoms with Crippen LogP contribution in [0.15, 0.2) is 70.4 Å². The Morgan fingerprint density at radius 1 is 1.24 bits per heavy atom. The van der Waals surface area contributed by atoms with Crippen LogP contribution in [-0.2, 0) is 0 Å². The minimum absolute atomic E-state index is 0.136. The molecule has 0 aliphatic carbocycles. The molecule has 4 rings (SSSR count). The smallest absolute Gasteiger partial charge is 0.280 e. The van der Waals surface area contributed by atoms with Gasteiger partial charge in [-0.15, -0.1) is 0 Å². The minimum Gasteiger partial charge on any atom is -0.463 e. The summed E-state index contributed by atoms with van der Waals surface area (Å²) in [5.41, 5.74) is 0.557. The van der Waals surface area contributed by atoms with Gasteiger partial charge in [-0.25, -0.2) is 9.37 Å². The van der Waals surface area contributed by atoms with Gasteiger partial charge in [0.1, 0.15) is 11.6 Å². The number of furan rings is 1. The quantitative estimate of drug-likeness (QED) is 0.271. The average Bonchev–Trinajstić information content (AvgIpc) is 3.37. The van der Waals surface area contributed by atoms with Crippen LogP contribution >= 0.6 is 11.3 Å². The Kier molecular flexibility index (Phi) is 4.83. The number of carbonyl (C=O) groups excluding carboxylic acids is 1. The van der Waals surface area contributed by atoms with Crippen molar-refractivity contribution in [1.82, 2.24) is 4.98 Å². The van der Waals surface area contributed by atoms with Gasteiger partial charge in [0.2, 0.25) is 5.13 Å². The Morgan fingerprint density at radius 2 is 2.03 bits per heavy atom. The summed E-state index contributed by atoms with van der Waals surface area (Å²) in [6, 6.07) is 12.6. The molecule has 144 valence electrons. The average molecular weight is 410 g/mol. The largest absolute Gasteiger partial charge is 0.463 e. The highest BCUT2D eigenvalue weighted by molar-refractivity contribution is 7.22. The van der Waals surface area contributed by atoms with Crippen LogP contribution in [0.2, 0.25) is 0 Å². The predicted molar refractivity (Wildman–Crippen MR) is 106 cm³/mol. The molecule has 10 heteroatoms. The number of amides is 1. The first-order chi connectivity index (χ1) is 14.0. The second-order valence-corrected chi connectivity index (χ2v) is 6.80. The van der Waals surface area contributed by atoms with Crippen molar-refractivity contribution < 1.29 is 18.5 Å². The number of halogens is 1. The topological polar surface area (TPSA) is 102 Å². The highest BCUT2D eigenvalue weighted by Gasteiger charge is 2.22. The number of hydrogen-bond donors (Lipinski definition) is 0. The number of nitrogens with zero attached hydrogens (tertiary/aromatic N) is 4. The minimum atomic E-state index is -0.553. The van der Waals surface area contributed by atoms with E-state index in [4.69, 9.17) is 4.42 Å². The molecule has 2 aromatic carbocycles. The van der Waals surface area contributed by atoms with Crippen LogP contribution < -0.4 is 5.01 Å². The highest BCUT2D eigenvalue weighted by atomic mass is 32.1. The monoisotopic (exact) mass is 410 g/mol. The summed E-state index contributed by atoms with van der Waals surface area (Å²) in [7, 11) is 0. The van der Waals surface area contributed by atoms with Gasteiger partial charge < -0.3 is 4.42 Å². The fourth-order valence-electron chi connectivity index (χ4n) is 2.49. The molecule has 0 aliphatic heterocycles. The summed E-state index contributed by atoms with van der Waals surface area (Å²) in [6.45, 7) is 0. The Hall–Kier alpha value is -3.92. The second-order valence-electron chi connectivity index (χ2n) is 5.79. The molecule has 0 radical (unpaired) electrons. The van der Waals surface area contributed by atoms with Gasteiger partial charge in [0.25, 0.3) is 11.6 Å². The van der Waals surface area contributed by atoms with Crippen molar-refractivity contribution in [3.63, 3.8) is 0 Å². The number of non-ortho nitro benzene ring substituents is 1. The van der Waals surface area contributed by atoms with E-state index in [9.17, 15) is 19.3 Å². The number of rotatable bonds is 5. The Morgan fingerprint density at radius 3 is 2.72 bits per heavy atom. The van der Waals surface area contributed by atoms with Gasteiger partial charge in [0.15, 0.2) is 0 Å². The molecule has 4 aromatic rings. The molecule has 0 bridgehead atoms. The molecule has 0 spiro atoms. The van der Waals surface area contributed by atoms with Crippen molar-refractivity contribution >= 4 is 44.5 Å². The van der Waals surface area contributed by atoms with E-state index >= 15 is 0 Å². The molecule has 0 fully saturated rings. The number of anilines is 1. The summed E-state index contributed by atoms with van der Waals surface area (Å²) in [6.07, 6.45) is 2.81. The molecule has 0 unspecified atom stereocenters. The fourth-order valence-corrected chi connectivity index (χ4v) is 3.44. The number of hydrazone groups is 1. The van der Waals surface area contributed by atoms with E-state index in [1.54, 1.807) is 12.1 Å². The number of nitro benzene ring substituents is 1. The third-order valence-corrected chi connectivity index (χ3v) is 4.88. The molecule has 0 N–H and O–H groups in total. The molecule has 29 heavy (non-hydrogen) atoms. The van der Waals surface area contributed by atoms with Crippen LogP contribution in [0.1, 0.15) is 16.1 Å². The third-order valence-electron chi connectivity index (χ3n) is 3.88. The number of fused-ring (bicyclic) bond motifs is 1. The summed E-state index contributed by atoms with van der Waals surface area (Å²) in [5.74, 6) is -0.555. The van der Waals surface area contributed by atoms with Crippen molar-refractivity contribution in [2.75, 3.05) is 5.01 Å². The number of nitro groups is 1. The molecule has 2 aromatic heterocycles. The molecular formula is C19H11FN4O4S. The van der Waals surface area contributed by atoms with Crippen LogP contribution in [0, 0.1) is 15.9 Å². The lowest BCUT2D eigenvalue weighted by Gasteiger charge is -2.13. The number of aromatic nitrogens is 1. The zero-order chi connectivity index (χ0) is 20.4. The molecular weight excluding hydrogens is 399 g/mol. The van der Waals surface area contributed by atoms with Gasteiger partial charge in [-0.3, -0.25) is 14.9 Å². The standard InChI is InChI=1S/C19H11FN4O4S/c20-13-5-8-16-17(10-13)29-19(22-16)23(21-11-15-2-1-9-28-15)18(25)12-3-6-14(7-4-12)24(26)27/h1-11H/b21-11+. The Bertz CT molecular complexity index is 1220. The Balaban J connectivity index is 1.74. The lowest BCUT2D eigenvalue weighted by molar-refractivity contribution is -0.384. The SMILES string of the molecule is O=C(c1ccc([N+](=O)[O-])cc1)N(/N=C/c1ccco1)c1nc2ccc(F)cc2s1. The number of benzene rings is 2. The molecule has 0 atom stereocenters. The van der Waals surface area contributed by atoms with Crippen molar-refractivity contribution in [2.24, 2.45) is 5.10 Å². The first-order valence-corrected chi connectivity index (χ1v) is 9.05. The van der Waals surface area contributed by atoms with E-state index in [0.717, 1.165) is 16.3 Å². The van der Waals surface area contributed by atoms with Crippen molar-refractivity contribution in [3.8, 4) is 0 Å². The van der Waals surface area contributed by atoms with Gasteiger partial charge in [-0.2, -0.15) is 10.1 Å². The van der Waals surface area contributed by atoms with Gasteiger partial charge >= 0.3 is 0 Å². The Labute approximate surface area is 166 Å². The predicted octanol–water partition coefficient (Wildman–Crippen LogP) is 4.62. The molecule has 1 amide bonds. The zero-order valence-corrected chi connectivity index (χ0v) is 15.4. The maximum absolute atomic E-state index is 13.5. The highest BCUT2D eigenvalue weighted by Crippen LogP contribution is 2.30. The number of carbonyl (C=O) groups is 1. The summed E-state index contributed by atoms with van der Waals surface area (Å²) in [5, 5.41) is 16.3. The van der Waals surface area contributed by atoms with E-state index in [1.165, 1.54) is 54.9 Å². The van der Waals surface area contributed by atoms with Crippen LogP contribution in [0.4, 0.5) is 15.2 Å². The summed E-state index contributed by atoms with van der Waals surface area (Å²) in [4.78, 5) is 27.7. The molecule has 2 heterocycles. The second kappa shape index (κ2) is 7.60. The van der Waals surface area contributed by atoms with Gasteiger partial charge in [0, 0.05) is 17.7 Å². The molecule has 0 saturated carbocycles. The third kappa shape index (κ3) is 3.87. The fraction of sp³-hybridized carbons (Fsp3) is 0. The molecule has 0 saturated heterocycles. The number of hydrogen-bond acceptors (Lipinski definition) is 7. The van der Waals surface area contributed by atoms with Crippen LogP contribution in [-0.4, -0.2) is 22.0 Å². The number of thiazole rings is 1. The summed E-state index contributed by atoms with van der Waals surface area (Å²) >= 11 is 1.09. The van der Waals surface area contributed by atoms with E-state index in [0.29, 0.717) is 16.0 Å². The van der Waals surface area contributed by atoms with Gasteiger partial charge in [0.05, 0.1) is 27.6 Å². The van der Waals surface area contributed by atoms with Gasteiger partial charge in [-0.1, -0.05) is 11.3 Å². The van der Waals surface area contributed by atoms with Crippen LogP contribution in [0.5, 0.6) is 0 Å².